The lowest BCUT2D eigenvalue weighted by molar-refractivity contribution is -0.117. The molecule has 1 amide bonds. The first kappa shape index (κ1) is 15.1. The van der Waals surface area contributed by atoms with Gasteiger partial charge in [-0.1, -0.05) is 35.9 Å². The van der Waals surface area contributed by atoms with E-state index in [9.17, 15) is 4.79 Å². The average molecular weight is 342 g/mol. The fourth-order valence-corrected chi connectivity index (χ4v) is 3.46. The summed E-state index contributed by atoms with van der Waals surface area (Å²) in [5.41, 5.74) is 3.32. The highest BCUT2D eigenvalue weighted by molar-refractivity contribution is 6.32. The van der Waals surface area contributed by atoms with Crippen molar-refractivity contribution in [2.75, 3.05) is 6.79 Å². The van der Waals surface area contributed by atoms with E-state index in [1.54, 1.807) is 12.1 Å². The Morgan fingerprint density at radius 1 is 1.25 bits per heavy atom. The summed E-state index contributed by atoms with van der Waals surface area (Å²) in [5, 5.41) is 3.54. The predicted octanol–water partition coefficient (Wildman–Crippen LogP) is 3.89. The van der Waals surface area contributed by atoms with E-state index in [1.807, 2.05) is 18.2 Å². The van der Waals surface area contributed by atoms with Gasteiger partial charge in [0.15, 0.2) is 11.5 Å². The van der Waals surface area contributed by atoms with Crippen LogP contribution in [0.2, 0.25) is 5.02 Å². The van der Waals surface area contributed by atoms with Crippen LogP contribution in [0.15, 0.2) is 42.5 Å². The quantitative estimate of drug-likeness (QED) is 0.862. The van der Waals surface area contributed by atoms with Gasteiger partial charge in [0, 0.05) is 6.08 Å². The molecule has 1 aliphatic carbocycles. The molecule has 4 rings (SSSR count). The highest BCUT2D eigenvalue weighted by atomic mass is 35.5. The molecule has 122 valence electrons. The minimum Gasteiger partial charge on any atom is -0.454 e. The number of carbonyl (C=O) groups excluding carboxylic acids is 1. The van der Waals surface area contributed by atoms with E-state index in [-0.39, 0.29) is 18.7 Å². The lowest BCUT2D eigenvalue weighted by Crippen LogP contribution is -2.25. The van der Waals surface area contributed by atoms with Gasteiger partial charge in [-0.2, -0.15) is 0 Å². The van der Waals surface area contributed by atoms with Gasteiger partial charge in [-0.25, -0.2) is 0 Å². The molecular weight excluding hydrogens is 326 g/mol. The minimum absolute atomic E-state index is 0.0821. The molecule has 1 N–H and O–H groups in total. The molecule has 0 spiro atoms. The summed E-state index contributed by atoms with van der Waals surface area (Å²) in [5.74, 6) is 1.04. The number of ether oxygens (including phenoxy) is 2. The average Bonchev–Trinajstić information content (AvgIpc) is 3.21. The topological polar surface area (TPSA) is 47.6 Å². The number of halogens is 1. The first-order chi connectivity index (χ1) is 11.7. The Balaban J connectivity index is 1.45. The number of rotatable bonds is 3. The summed E-state index contributed by atoms with van der Waals surface area (Å²) in [6.45, 7) is 0.170. The molecule has 1 aliphatic heterocycles. The lowest BCUT2D eigenvalue weighted by Gasteiger charge is -2.12. The van der Waals surface area contributed by atoms with Crippen LogP contribution < -0.4 is 14.8 Å². The third-order valence-corrected chi connectivity index (χ3v) is 4.61. The maximum atomic E-state index is 12.2. The van der Waals surface area contributed by atoms with Gasteiger partial charge in [-0.3, -0.25) is 4.79 Å². The van der Waals surface area contributed by atoms with Gasteiger partial charge < -0.3 is 14.8 Å². The zero-order valence-electron chi connectivity index (χ0n) is 12.9. The maximum absolute atomic E-state index is 12.2. The van der Waals surface area contributed by atoms with Gasteiger partial charge in [-0.15, -0.1) is 0 Å². The van der Waals surface area contributed by atoms with Crippen molar-refractivity contribution in [1.82, 2.24) is 5.32 Å². The van der Waals surface area contributed by atoms with Crippen LogP contribution >= 0.6 is 11.6 Å². The number of benzene rings is 2. The van der Waals surface area contributed by atoms with E-state index in [0.29, 0.717) is 16.5 Å². The van der Waals surface area contributed by atoms with E-state index in [4.69, 9.17) is 21.1 Å². The molecule has 0 bridgehead atoms. The summed E-state index contributed by atoms with van der Waals surface area (Å²) in [6, 6.07) is 11.9. The standard InChI is InChI=1S/C19H16ClNO3/c20-15-9-12(10-17-19(15)24-11-23-17)5-8-18(22)21-16-7-6-13-3-1-2-4-14(13)16/h1-5,8-10,16H,6-7,11H2,(H,21,22). The van der Waals surface area contributed by atoms with Crippen LogP contribution in [0.5, 0.6) is 11.5 Å². The summed E-state index contributed by atoms with van der Waals surface area (Å²) in [4.78, 5) is 12.2. The molecule has 0 aromatic heterocycles. The fourth-order valence-electron chi connectivity index (χ4n) is 3.18. The largest absolute Gasteiger partial charge is 0.454 e. The number of aryl methyl sites for hydroxylation is 1. The minimum atomic E-state index is -0.120. The van der Waals surface area contributed by atoms with E-state index in [1.165, 1.54) is 17.2 Å². The molecule has 5 heteroatoms. The zero-order valence-corrected chi connectivity index (χ0v) is 13.7. The van der Waals surface area contributed by atoms with E-state index >= 15 is 0 Å². The molecule has 2 aliphatic rings. The van der Waals surface area contributed by atoms with Crippen molar-refractivity contribution in [1.29, 1.82) is 0 Å². The van der Waals surface area contributed by atoms with Crippen molar-refractivity contribution in [3.8, 4) is 11.5 Å². The van der Waals surface area contributed by atoms with Crippen molar-refractivity contribution in [3.63, 3.8) is 0 Å². The Labute approximate surface area is 145 Å². The van der Waals surface area contributed by atoms with Crippen LogP contribution in [0.25, 0.3) is 6.08 Å². The third-order valence-electron chi connectivity index (χ3n) is 4.33. The normalized spacial score (nSPS) is 18.0. The Hall–Kier alpha value is -2.46. The highest BCUT2D eigenvalue weighted by Crippen LogP contribution is 2.40. The first-order valence-corrected chi connectivity index (χ1v) is 8.24. The van der Waals surface area contributed by atoms with Crippen LogP contribution in [0.1, 0.15) is 29.2 Å². The van der Waals surface area contributed by atoms with Crippen LogP contribution in [-0.4, -0.2) is 12.7 Å². The zero-order chi connectivity index (χ0) is 16.5. The van der Waals surface area contributed by atoms with Crippen molar-refractivity contribution in [2.24, 2.45) is 0 Å². The van der Waals surface area contributed by atoms with Crippen molar-refractivity contribution in [3.05, 3.63) is 64.2 Å². The van der Waals surface area contributed by atoms with Gasteiger partial charge in [0.2, 0.25) is 12.7 Å². The first-order valence-electron chi connectivity index (χ1n) is 7.86. The molecule has 4 nitrogen and oxygen atoms in total. The second-order valence-electron chi connectivity index (χ2n) is 5.87. The molecule has 1 unspecified atom stereocenters. The molecular formula is C19H16ClNO3. The van der Waals surface area contributed by atoms with Crippen LogP contribution in [0, 0.1) is 0 Å². The SMILES string of the molecule is O=C(C=Cc1cc(Cl)c2c(c1)OCO2)NC1CCc2ccccc21. The molecule has 1 heterocycles. The Morgan fingerprint density at radius 3 is 3.04 bits per heavy atom. The number of fused-ring (bicyclic) bond motifs is 2. The van der Waals surface area contributed by atoms with Crippen molar-refractivity contribution < 1.29 is 14.3 Å². The molecule has 0 saturated heterocycles. The smallest absolute Gasteiger partial charge is 0.244 e. The van der Waals surface area contributed by atoms with Crippen molar-refractivity contribution in [2.45, 2.75) is 18.9 Å². The van der Waals surface area contributed by atoms with Gasteiger partial charge in [0.1, 0.15) is 0 Å². The second kappa shape index (κ2) is 6.21. The summed E-state index contributed by atoms with van der Waals surface area (Å²) >= 11 is 6.14. The van der Waals surface area contributed by atoms with Crippen molar-refractivity contribution >= 4 is 23.6 Å². The fraction of sp³-hybridized carbons (Fsp3) is 0.211. The highest BCUT2D eigenvalue weighted by Gasteiger charge is 2.22. The lowest BCUT2D eigenvalue weighted by atomic mass is 10.1. The van der Waals surface area contributed by atoms with E-state index in [2.05, 4.69) is 17.4 Å². The molecule has 0 saturated carbocycles. The molecule has 1 atom stereocenters. The Bertz CT molecular complexity index is 831. The Kier molecular flexibility index (Phi) is 3.90. The molecule has 0 radical (unpaired) electrons. The molecule has 0 fully saturated rings. The van der Waals surface area contributed by atoms with Gasteiger partial charge in [0.05, 0.1) is 11.1 Å². The number of amides is 1. The summed E-state index contributed by atoms with van der Waals surface area (Å²) < 4.78 is 10.6. The van der Waals surface area contributed by atoms with Crippen LogP contribution in [0.3, 0.4) is 0 Å². The predicted molar refractivity (Wildman–Crippen MR) is 92.3 cm³/mol. The number of hydrogen-bond acceptors (Lipinski definition) is 3. The monoisotopic (exact) mass is 341 g/mol. The number of carbonyl (C=O) groups is 1. The van der Waals surface area contributed by atoms with Gasteiger partial charge >= 0.3 is 0 Å². The number of hydrogen-bond donors (Lipinski definition) is 1. The maximum Gasteiger partial charge on any atom is 0.244 e. The summed E-state index contributed by atoms with van der Waals surface area (Å²) in [6.07, 6.45) is 5.19. The van der Waals surface area contributed by atoms with Crippen LogP contribution in [0.4, 0.5) is 0 Å². The summed E-state index contributed by atoms with van der Waals surface area (Å²) in [7, 11) is 0. The van der Waals surface area contributed by atoms with E-state index < -0.39 is 0 Å². The number of nitrogens with one attached hydrogen (secondary N) is 1. The molecule has 2 aromatic rings. The van der Waals surface area contributed by atoms with Crippen LogP contribution in [-0.2, 0) is 11.2 Å². The molecule has 24 heavy (non-hydrogen) atoms. The molecule has 2 aromatic carbocycles. The van der Waals surface area contributed by atoms with Gasteiger partial charge in [0.25, 0.3) is 0 Å². The third kappa shape index (κ3) is 2.85. The van der Waals surface area contributed by atoms with E-state index in [0.717, 1.165) is 18.4 Å². The Morgan fingerprint density at radius 2 is 2.12 bits per heavy atom. The second-order valence-corrected chi connectivity index (χ2v) is 6.28. The van der Waals surface area contributed by atoms with Gasteiger partial charge in [-0.05, 0) is 47.7 Å².